The van der Waals surface area contributed by atoms with Crippen molar-refractivity contribution in [3.8, 4) is 5.75 Å². The minimum atomic E-state index is -2.91. The van der Waals surface area contributed by atoms with Crippen LogP contribution in [0.15, 0.2) is 36.5 Å². The van der Waals surface area contributed by atoms with Crippen molar-refractivity contribution >= 4 is 16.6 Å². The Hall–Kier alpha value is -2.90. The summed E-state index contributed by atoms with van der Waals surface area (Å²) in [6.45, 7) is 1.61. The molecule has 136 valence electrons. The van der Waals surface area contributed by atoms with Crippen molar-refractivity contribution in [3.05, 3.63) is 59.3 Å². The molecule has 1 atom stereocenters. The summed E-state index contributed by atoms with van der Waals surface area (Å²) in [5, 5.41) is 11.1. The Morgan fingerprint density at radius 1 is 1.12 bits per heavy atom. The van der Waals surface area contributed by atoms with Crippen molar-refractivity contribution in [1.29, 1.82) is 0 Å². The first-order valence-electron chi connectivity index (χ1n) is 7.74. The van der Waals surface area contributed by atoms with Gasteiger partial charge in [-0.2, -0.15) is 10.2 Å². The second-order valence-corrected chi connectivity index (χ2v) is 5.68. The summed E-state index contributed by atoms with van der Waals surface area (Å²) >= 11 is 0. The molecular weight excluding hydrogens is 350 g/mol. The van der Waals surface area contributed by atoms with Crippen LogP contribution >= 0.6 is 0 Å². The molecule has 0 aliphatic carbocycles. The largest absolute Gasteiger partial charge is 0.494 e. The number of rotatable bonds is 5. The van der Waals surface area contributed by atoms with E-state index < -0.39 is 29.7 Å². The van der Waals surface area contributed by atoms with Gasteiger partial charge in [0.2, 0.25) is 0 Å². The topological polar surface area (TPSA) is 47.0 Å². The molecule has 0 saturated carbocycles. The summed E-state index contributed by atoms with van der Waals surface area (Å²) < 4.78 is 59.0. The van der Waals surface area contributed by atoms with Gasteiger partial charge in [-0.3, -0.25) is 0 Å². The van der Waals surface area contributed by atoms with Gasteiger partial charge >= 0.3 is 0 Å². The van der Waals surface area contributed by atoms with Crippen LogP contribution in [-0.2, 0) is 0 Å². The van der Waals surface area contributed by atoms with Gasteiger partial charge in [-0.25, -0.2) is 17.6 Å². The molecule has 1 heterocycles. The first-order chi connectivity index (χ1) is 12.4. The molecule has 0 unspecified atom stereocenters. The number of methoxy groups -OCH3 is 1. The molecular formula is C18H15F4N3O. The molecule has 0 fully saturated rings. The smallest absolute Gasteiger partial charge is 0.266 e. The third-order valence-corrected chi connectivity index (χ3v) is 4.04. The molecule has 1 aromatic heterocycles. The fraction of sp³-hybridized carbons (Fsp3) is 0.222. The van der Waals surface area contributed by atoms with Crippen LogP contribution in [0.1, 0.15) is 30.5 Å². The van der Waals surface area contributed by atoms with Gasteiger partial charge in [0.15, 0.2) is 11.6 Å². The van der Waals surface area contributed by atoms with E-state index in [1.807, 2.05) is 0 Å². The number of hydrogen-bond acceptors (Lipinski definition) is 4. The number of aromatic nitrogens is 2. The molecule has 0 radical (unpaired) electrons. The molecule has 0 spiro atoms. The zero-order valence-corrected chi connectivity index (χ0v) is 13.9. The van der Waals surface area contributed by atoms with E-state index in [0.717, 1.165) is 6.07 Å². The minimum Gasteiger partial charge on any atom is -0.494 e. The molecule has 1 N–H and O–H groups in total. The summed E-state index contributed by atoms with van der Waals surface area (Å²) in [7, 11) is 1.33. The third-order valence-electron chi connectivity index (χ3n) is 4.04. The van der Waals surface area contributed by atoms with E-state index in [1.165, 1.54) is 37.6 Å². The van der Waals surface area contributed by atoms with Crippen LogP contribution in [0, 0.1) is 11.6 Å². The number of benzene rings is 2. The van der Waals surface area contributed by atoms with Crippen molar-refractivity contribution in [3.63, 3.8) is 0 Å². The number of alkyl halides is 2. The molecule has 8 heteroatoms. The standard InChI is InChI=1S/C18H15F4N3O/c1-9(10-4-3-5-11(17(10)20)18(21)22)24-15-8-23-25-14-7-16(26-2)13(19)6-12(14)15/h3-9,18H,1-2H3,(H,24,25)/t9-/m1/s1. The van der Waals surface area contributed by atoms with Gasteiger partial charge in [0.25, 0.3) is 6.43 Å². The predicted octanol–water partition coefficient (Wildman–Crippen LogP) is 5.03. The van der Waals surface area contributed by atoms with Crippen molar-refractivity contribution in [2.24, 2.45) is 0 Å². The van der Waals surface area contributed by atoms with E-state index in [9.17, 15) is 17.6 Å². The molecule has 26 heavy (non-hydrogen) atoms. The first kappa shape index (κ1) is 17.9. The van der Waals surface area contributed by atoms with E-state index in [0.29, 0.717) is 16.6 Å². The average molecular weight is 365 g/mol. The lowest BCUT2D eigenvalue weighted by atomic mass is 10.0. The van der Waals surface area contributed by atoms with E-state index in [2.05, 4.69) is 15.5 Å². The van der Waals surface area contributed by atoms with E-state index in [4.69, 9.17) is 4.74 Å². The second-order valence-electron chi connectivity index (χ2n) is 5.68. The molecule has 0 bridgehead atoms. The number of nitrogens with one attached hydrogen (secondary N) is 1. The molecule has 0 amide bonds. The Bertz CT molecular complexity index is 949. The van der Waals surface area contributed by atoms with Crippen molar-refractivity contribution < 1.29 is 22.3 Å². The normalized spacial score (nSPS) is 12.4. The number of hydrogen-bond donors (Lipinski definition) is 1. The van der Waals surface area contributed by atoms with Gasteiger partial charge in [-0.05, 0) is 13.0 Å². The van der Waals surface area contributed by atoms with Crippen molar-refractivity contribution in [2.75, 3.05) is 12.4 Å². The van der Waals surface area contributed by atoms with Crippen LogP contribution in [0.25, 0.3) is 10.9 Å². The number of fused-ring (bicyclic) bond motifs is 1. The van der Waals surface area contributed by atoms with Gasteiger partial charge in [-0.1, -0.05) is 18.2 Å². The molecule has 0 saturated heterocycles. The number of ether oxygens (including phenoxy) is 1. The lowest BCUT2D eigenvalue weighted by molar-refractivity contribution is 0.146. The van der Waals surface area contributed by atoms with Crippen LogP contribution in [0.2, 0.25) is 0 Å². The third kappa shape index (κ3) is 3.26. The molecule has 2 aromatic carbocycles. The fourth-order valence-corrected chi connectivity index (χ4v) is 2.71. The maximum Gasteiger partial charge on any atom is 0.266 e. The Kier molecular flexibility index (Phi) is 4.92. The van der Waals surface area contributed by atoms with Gasteiger partial charge in [0.1, 0.15) is 5.82 Å². The van der Waals surface area contributed by atoms with Crippen LogP contribution in [0.4, 0.5) is 23.2 Å². The quantitative estimate of drug-likeness (QED) is 0.645. The zero-order chi connectivity index (χ0) is 18.8. The van der Waals surface area contributed by atoms with Gasteiger partial charge in [0, 0.05) is 17.0 Å². The maximum atomic E-state index is 14.3. The zero-order valence-electron chi connectivity index (χ0n) is 13.9. The van der Waals surface area contributed by atoms with Crippen LogP contribution in [-0.4, -0.2) is 17.3 Å². The highest BCUT2D eigenvalue weighted by Gasteiger charge is 2.20. The lowest BCUT2D eigenvalue weighted by Crippen LogP contribution is -2.11. The predicted molar refractivity (Wildman–Crippen MR) is 89.4 cm³/mol. The van der Waals surface area contributed by atoms with E-state index in [1.54, 1.807) is 6.92 Å². The minimum absolute atomic E-state index is 0.0210. The van der Waals surface area contributed by atoms with Gasteiger partial charge in [0.05, 0.1) is 36.1 Å². The molecule has 3 rings (SSSR count). The van der Waals surface area contributed by atoms with E-state index >= 15 is 0 Å². The summed E-state index contributed by atoms with van der Waals surface area (Å²) in [6, 6.07) is 5.79. The summed E-state index contributed by atoms with van der Waals surface area (Å²) in [5.41, 5.74) is 0.180. The highest BCUT2D eigenvalue weighted by Crippen LogP contribution is 2.32. The second kappa shape index (κ2) is 7.15. The van der Waals surface area contributed by atoms with Crippen LogP contribution in [0.5, 0.6) is 5.75 Å². The molecule has 0 aliphatic rings. The van der Waals surface area contributed by atoms with Crippen molar-refractivity contribution in [2.45, 2.75) is 19.4 Å². The van der Waals surface area contributed by atoms with Crippen LogP contribution < -0.4 is 10.1 Å². The van der Waals surface area contributed by atoms with Crippen LogP contribution in [0.3, 0.4) is 0 Å². The monoisotopic (exact) mass is 365 g/mol. The maximum absolute atomic E-state index is 14.3. The van der Waals surface area contributed by atoms with Gasteiger partial charge in [-0.15, -0.1) is 0 Å². The SMILES string of the molecule is COc1cc2nncc(N[C@H](C)c3cccc(C(F)F)c3F)c2cc1F. The Labute approximate surface area is 146 Å². The van der Waals surface area contributed by atoms with Crippen molar-refractivity contribution in [1.82, 2.24) is 10.2 Å². The number of nitrogens with zero attached hydrogens (tertiary/aromatic N) is 2. The first-order valence-corrected chi connectivity index (χ1v) is 7.74. The fourth-order valence-electron chi connectivity index (χ4n) is 2.71. The molecule has 4 nitrogen and oxygen atoms in total. The molecule has 3 aromatic rings. The summed E-state index contributed by atoms with van der Waals surface area (Å²) in [4.78, 5) is 0. The van der Waals surface area contributed by atoms with E-state index in [-0.39, 0.29) is 11.3 Å². The number of anilines is 1. The highest BCUT2D eigenvalue weighted by atomic mass is 19.3. The Morgan fingerprint density at radius 2 is 1.85 bits per heavy atom. The Morgan fingerprint density at radius 3 is 2.54 bits per heavy atom. The summed E-state index contributed by atoms with van der Waals surface area (Å²) in [5.74, 6) is -1.54. The number of halogens is 4. The molecule has 0 aliphatic heterocycles. The average Bonchev–Trinajstić information content (AvgIpc) is 2.61. The summed E-state index contributed by atoms with van der Waals surface area (Å²) in [6.07, 6.45) is -1.55. The highest BCUT2D eigenvalue weighted by molar-refractivity contribution is 5.91. The van der Waals surface area contributed by atoms with Gasteiger partial charge < -0.3 is 10.1 Å². The lowest BCUT2D eigenvalue weighted by Gasteiger charge is -2.18. The Balaban J connectivity index is 1.99.